The van der Waals surface area contributed by atoms with Gasteiger partial charge in [0.2, 0.25) is 5.91 Å². The second-order valence-electron chi connectivity index (χ2n) is 6.75. The Morgan fingerprint density at radius 3 is 3.00 bits per heavy atom. The number of carbonyl (C=O) groups excluding carboxylic acids is 1. The highest BCUT2D eigenvalue weighted by Gasteiger charge is 2.49. The molecule has 23 heavy (non-hydrogen) atoms. The summed E-state index contributed by atoms with van der Waals surface area (Å²) in [5, 5.41) is 4.19. The summed E-state index contributed by atoms with van der Waals surface area (Å²) < 4.78 is 7.21. The Bertz CT molecular complexity index is 693. The molecule has 0 bridgehead atoms. The van der Waals surface area contributed by atoms with Crippen LogP contribution in [0.15, 0.2) is 35.2 Å². The summed E-state index contributed by atoms with van der Waals surface area (Å²) in [4.78, 5) is 17.3. The molecule has 0 radical (unpaired) electrons. The van der Waals surface area contributed by atoms with Gasteiger partial charge >= 0.3 is 0 Å². The Morgan fingerprint density at radius 2 is 2.26 bits per heavy atom. The van der Waals surface area contributed by atoms with Crippen molar-refractivity contribution in [3.05, 3.63) is 36.5 Å². The first-order chi connectivity index (χ1) is 11.2. The molecule has 0 aliphatic carbocycles. The number of carbonyl (C=O) groups is 1. The van der Waals surface area contributed by atoms with Gasteiger partial charge in [-0.2, -0.15) is 5.10 Å². The molecule has 1 spiro atoms. The van der Waals surface area contributed by atoms with Crippen molar-refractivity contribution in [1.82, 2.24) is 14.7 Å². The molecule has 2 aromatic heterocycles. The molecule has 2 fully saturated rings. The Morgan fingerprint density at radius 1 is 1.35 bits per heavy atom. The molecular formula is C17H22N4O2. The number of hydrogen-bond donors (Lipinski definition) is 0. The molecule has 0 saturated carbocycles. The number of likely N-dealkylation sites (tertiary alicyclic amines) is 1. The molecule has 2 aliphatic heterocycles. The van der Waals surface area contributed by atoms with Gasteiger partial charge in [-0.15, -0.1) is 0 Å². The van der Waals surface area contributed by atoms with Crippen LogP contribution in [-0.4, -0.2) is 40.2 Å². The number of nitrogens with zero attached hydrogens (tertiary/aromatic N) is 4. The third kappa shape index (κ3) is 2.57. The fourth-order valence-electron chi connectivity index (χ4n) is 3.98. The average Bonchev–Trinajstić information content (AvgIpc) is 3.24. The van der Waals surface area contributed by atoms with E-state index in [4.69, 9.17) is 4.42 Å². The smallest absolute Gasteiger partial charge is 0.234 e. The zero-order valence-corrected chi connectivity index (χ0v) is 13.4. The van der Waals surface area contributed by atoms with E-state index in [0.717, 1.165) is 56.9 Å². The van der Waals surface area contributed by atoms with Crippen molar-refractivity contribution < 1.29 is 9.21 Å². The maximum atomic E-state index is 13.1. The second kappa shape index (κ2) is 5.53. The van der Waals surface area contributed by atoms with Crippen LogP contribution in [0.1, 0.15) is 25.0 Å². The van der Waals surface area contributed by atoms with Crippen molar-refractivity contribution in [3.63, 3.8) is 0 Å². The number of piperidine rings is 1. The number of aryl methyl sites for hydroxylation is 1. The first kappa shape index (κ1) is 14.5. The minimum atomic E-state index is -0.235. The van der Waals surface area contributed by atoms with E-state index in [9.17, 15) is 4.79 Å². The number of furan rings is 1. The van der Waals surface area contributed by atoms with Crippen molar-refractivity contribution in [2.24, 2.45) is 12.5 Å². The molecule has 6 nitrogen and oxygen atoms in total. The summed E-state index contributed by atoms with van der Waals surface area (Å²) in [6.45, 7) is 3.43. The van der Waals surface area contributed by atoms with Crippen LogP contribution < -0.4 is 4.90 Å². The Hall–Kier alpha value is -2.08. The predicted octanol–water partition coefficient (Wildman–Crippen LogP) is 2.03. The minimum absolute atomic E-state index is 0.235. The number of anilines is 1. The molecule has 2 saturated heterocycles. The Kier molecular flexibility index (Phi) is 3.49. The summed E-state index contributed by atoms with van der Waals surface area (Å²) >= 11 is 0. The highest BCUT2D eigenvalue weighted by Crippen LogP contribution is 2.42. The molecule has 0 unspecified atom stereocenters. The molecule has 0 aromatic carbocycles. The van der Waals surface area contributed by atoms with Gasteiger partial charge in [0.05, 0.1) is 30.1 Å². The number of amides is 1. The molecule has 4 heterocycles. The predicted molar refractivity (Wildman–Crippen MR) is 85.8 cm³/mol. The lowest BCUT2D eigenvalue weighted by molar-refractivity contribution is -0.128. The second-order valence-corrected chi connectivity index (χ2v) is 6.75. The van der Waals surface area contributed by atoms with Gasteiger partial charge in [-0.05, 0) is 37.9 Å². The van der Waals surface area contributed by atoms with Gasteiger partial charge in [0.15, 0.2) is 0 Å². The SMILES string of the molecule is Cn1cc(N2CC[C@@]3(CCCN(Cc4ccco4)C3)C2=O)cn1. The Balaban J connectivity index is 1.50. The third-order valence-electron chi connectivity index (χ3n) is 5.13. The van der Waals surface area contributed by atoms with Crippen molar-refractivity contribution >= 4 is 11.6 Å². The molecule has 0 N–H and O–H groups in total. The van der Waals surface area contributed by atoms with E-state index >= 15 is 0 Å². The fraction of sp³-hybridized carbons (Fsp3) is 0.529. The Labute approximate surface area is 135 Å². The van der Waals surface area contributed by atoms with Crippen LogP contribution in [0.25, 0.3) is 0 Å². The van der Waals surface area contributed by atoms with Gasteiger partial charge in [0.1, 0.15) is 5.76 Å². The van der Waals surface area contributed by atoms with E-state index in [-0.39, 0.29) is 11.3 Å². The van der Waals surface area contributed by atoms with Crippen molar-refractivity contribution in [3.8, 4) is 0 Å². The first-order valence-corrected chi connectivity index (χ1v) is 8.22. The van der Waals surface area contributed by atoms with Crippen LogP contribution in [0.5, 0.6) is 0 Å². The number of aromatic nitrogens is 2. The maximum absolute atomic E-state index is 13.1. The molecular weight excluding hydrogens is 292 g/mol. The number of hydrogen-bond acceptors (Lipinski definition) is 4. The van der Waals surface area contributed by atoms with Crippen LogP contribution in [0.4, 0.5) is 5.69 Å². The summed E-state index contributed by atoms with van der Waals surface area (Å²) in [7, 11) is 1.88. The van der Waals surface area contributed by atoms with Gasteiger partial charge in [0, 0.05) is 26.3 Å². The molecule has 2 aliphatic rings. The van der Waals surface area contributed by atoms with Crippen LogP contribution in [0.2, 0.25) is 0 Å². The van der Waals surface area contributed by atoms with Crippen molar-refractivity contribution in [2.75, 3.05) is 24.5 Å². The van der Waals surface area contributed by atoms with Crippen LogP contribution in [0, 0.1) is 5.41 Å². The van der Waals surface area contributed by atoms with Crippen LogP contribution in [0.3, 0.4) is 0 Å². The molecule has 4 rings (SSSR count). The van der Waals surface area contributed by atoms with E-state index in [1.807, 2.05) is 30.3 Å². The third-order valence-corrected chi connectivity index (χ3v) is 5.13. The fourth-order valence-corrected chi connectivity index (χ4v) is 3.98. The van der Waals surface area contributed by atoms with Crippen molar-refractivity contribution in [2.45, 2.75) is 25.8 Å². The van der Waals surface area contributed by atoms with E-state index < -0.39 is 0 Å². The van der Waals surface area contributed by atoms with Crippen LogP contribution in [-0.2, 0) is 18.4 Å². The van der Waals surface area contributed by atoms with Gasteiger partial charge in [-0.25, -0.2) is 0 Å². The van der Waals surface area contributed by atoms with Gasteiger partial charge in [-0.3, -0.25) is 14.4 Å². The van der Waals surface area contributed by atoms with Gasteiger partial charge in [0.25, 0.3) is 0 Å². The monoisotopic (exact) mass is 314 g/mol. The number of rotatable bonds is 3. The van der Waals surface area contributed by atoms with E-state index in [1.54, 1.807) is 17.1 Å². The summed E-state index contributed by atoms with van der Waals surface area (Å²) in [6.07, 6.45) is 8.38. The molecule has 6 heteroatoms. The first-order valence-electron chi connectivity index (χ1n) is 8.22. The van der Waals surface area contributed by atoms with Gasteiger partial charge in [-0.1, -0.05) is 0 Å². The van der Waals surface area contributed by atoms with E-state index in [0.29, 0.717) is 0 Å². The van der Waals surface area contributed by atoms with E-state index in [2.05, 4.69) is 10.00 Å². The lowest BCUT2D eigenvalue weighted by atomic mass is 9.78. The van der Waals surface area contributed by atoms with Crippen molar-refractivity contribution in [1.29, 1.82) is 0 Å². The highest BCUT2D eigenvalue weighted by molar-refractivity contribution is 6.00. The van der Waals surface area contributed by atoms with Crippen LogP contribution >= 0.6 is 0 Å². The molecule has 1 atom stereocenters. The summed E-state index contributed by atoms with van der Waals surface area (Å²) in [5.74, 6) is 1.23. The highest BCUT2D eigenvalue weighted by atomic mass is 16.3. The quantitative estimate of drug-likeness (QED) is 0.870. The zero-order valence-electron chi connectivity index (χ0n) is 13.4. The van der Waals surface area contributed by atoms with E-state index in [1.165, 1.54) is 0 Å². The largest absolute Gasteiger partial charge is 0.468 e. The topological polar surface area (TPSA) is 54.5 Å². The molecule has 2 aromatic rings. The standard InChI is InChI=1S/C17H22N4O2/c1-19-11-14(10-18-19)21-8-6-17(16(21)22)5-3-7-20(13-17)12-15-4-2-9-23-15/h2,4,9-11H,3,5-8,12-13H2,1H3/t17-/m1/s1. The summed E-state index contributed by atoms with van der Waals surface area (Å²) in [5.41, 5.74) is 0.679. The molecule has 1 amide bonds. The molecule has 122 valence electrons. The maximum Gasteiger partial charge on any atom is 0.234 e. The minimum Gasteiger partial charge on any atom is -0.468 e. The summed E-state index contributed by atoms with van der Waals surface area (Å²) in [6, 6.07) is 3.92. The lowest BCUT2D eigenvalue weighted by Gasteiger charge is -2.38. The zero-order chi connectivity index (χ0) is 15.9. The lowest BCUT2D eigenvalue weighted by Crippen LogP contribution is -2.47. The average molecular weight is 314 g/mol. The van der Waals surface area contributed by atoms with Gasteiger partial charge < -0.3 is 9.32 Å². The normalized spacial score (nSPS) is 25.6.